The smallest absolute Gasteiger partial charge is 0.355 e. The van der Waals surface area contributed by atoms with Crippen LogP contribution in [0.25, 0.3) is 10.1 Å². The Morgan fingerprint density at radius 1 is 1.20 bits per heavy atom. The number of carbonyl (C=O) groups is 2. The zero-order valence-electron chi connectivity index (χ0n) is 13.2. The van der Waals surface area contributed by atoms with Crippen LogP contribution in [0.2, 0.25) is 5.02 Å². The van der Waals surface area contributed by atoms with Crippen LogP contribution in [0, 0.1) is 0 Å². The molecule has 0 aliphatic rings. The van der Waals surface area contributed by atoms with Crippen molar-refractivity contribution in [1.82, 2.24) is 5.43 Å². The van der Waals surface area contributed by atoms with E-state index >= 15 is 0 Å². The van der Waals surface area contributed by atoms with Gasteiger partial charge in [-0.15, -0.1) is 11.3 Å². The van der Waals surface area contributed by atoms with Gasteiger partial charge in [-0.1, -0.05) is 41.9 Å². The van der Waals surface area contributed by atoms with Crippen LogP contribution in [0.5, 0.6) is 5.75 Å². The van der Waals surface area contributed by atoms with Gasteiger partial charge in [0.2, 0.25) is 5.91 Å². The Morgan fingerprint density at radius 2 is 2.00 bits per heavy atom. The van der Waals surface area contributed by atoms with Crippen LogP contribution in [0.3, 0.4) is 0 Å². The molecule has 0 aliphatic carbocycles. The van der Waals surface area contributed by atoms with Crippen LogP contribution in [-0.4, -0.2) is 18.1 Å². The van der Waals surface area contributed by atoms with E-state index in [2.05, 4.69) is 10.5 Å². The summed E-state index contributed by atoms with van der Waals surface area (Å²) in [5, 5.41) is 5.01. The first-order valence-corrected chi connectivity index (χ1v) is 8.53. The van der Waals surface area contributed by atoms with Gasteiger partial charge in [-0.3, -0.25) is 4.79 Å². The number of ether oxygens (including phenoxy) is 1. The van der Waals surface area contributed by atoms with Gasteiger partial charge in [-0.05, 0) is 23.8 Å². The van der Waals surface area contributed by atoms with E-state index in [1.165, 1.54) is 24.5 Å². The standard InChI is InChI=1S/C18H13ClN2O3S/c1-11(22)21-20-10-12-5-4-6-13(9-12)24-18(23)17-16(19)14-7-2-3-8-15(14)25-17/h2-10H,1H3,(H,21,22). The number of hydrogen-bond donors (Lipinski definition) is 1. The fraction of sp³-hybridized carbons (Fsp3) is 0.0556. The molecule has 2 aromatic carbocycles. The van der Waals surface area contributed by atoms with E-state index in [0.29, 0.717) is 21.2 Å². The third-order valence-corrected chi connectivity index (χ3v) is 4.88. The lowest BCUT2D eigenvalue weighted by Crippen LogP contribution is -2.12. The topological polar surface area (TPSA) is 67.8 Å². The van der Waals surface area contributed by atoms with Crippen molar-refractivity contribution in [2.75, 3.05) is 0 Å². The number of rotatable bonds is 4. The zero-order valence-corrected chi connectivity index (χ0v) is 14.7. The monoisotopic (exact) mass is 372 g/mol. The molecular formula is C18H13ClN2O3S. The second kappa shape index (κ2) is 7.46. The molecule has 25 heavy (non-hydrogen) atoms. The predicted octanol–water partition coefficient (Wildman–Crippen LogP) is 4.24. The van der Waals surface area contributed by atoms with Crippen molar-refractivity contribution in [3.63, 3.8) is 0 Å². The summed E-state index contributed by atoms with van der Waals surface area (Å²) in [6.07, 6.45) is 1.46. The summed E-state index contributed by atoms with van der Waals surface area (Å²) in [4.78, 5) is 23.6. The first-order chi connectivity index (χ1) is 12.0. The summed E-state index contributed by atoms with van der Waals surface area (Å²) < 4.78 is 6.34. The molecule has 3 rings (SSSR count). The van der Waals surface area contributed by atoms with Gasteiger partial charge in [0.15, 0.2) is 0 Å². The van der Waals surface area contributed by atoms with Gasteiger partial charge in [0.05, 0.1) is 11.2 Å². The molecule has 3 aromatic rings. The summed E-state index contributed by atoms with van der Waals surface area (Å²) in [6.45, 7) is 1.37. The molecule has 5 nitrogen and oxygen atoms in total. The van der Waals surface area contributed by atoms with Gasteiger partial charge in [-0.25, -0.2) is 10.2 Å². The fourth-order valence-corrected chi connectivity index (χ4v) is 3.54. The second-order valence-corrected chi connectivity index (χ2v) is 6.56. The zero-order chi connectivity index (χ0) is 17.8. The number of nitrogens with one attached hydrogen (secondary N) is 1. The Balaban J connectivity index is 1.79. The number of benzene rings is 2. The third kappa shape index (κ3) is 4.04. The molecule has 0 atom stereocenters. The minimum atomic E-state index is -0.512. The Hall–Kier alpha value is -2.70. The summed E-state index contributed by atoms with van der Waals surface area (Å²) in [7, 11) is 0. The van der Waals surface area contributed by atoms with Crippen molar-refractivity contribution in [3.05, 3.63) is 64.0 Å². The highest BCUT2D eigenvalue weighted by Crippen LogP contribution is 2.35. The highest BCUT2D eigenvalue weighted by Gasteiger charge is 2.18. The molecule has 7 heteroatoms. The number of thiophene rings is 1. The summed E-state index contributed by atoms with van der Waals surface area (Å²) in [5.74, 6) is -0.411. The first-order valence-electron chi connectivity index (χ1n) is 7.33. The molecule has 0 radical (unpaired) electrons. The van der Waals surface area contributed by atoms with Gasteiger partial charge in [0, 0.05) is 17.0 Å². The van der Waals surface area contributed by atoms with E-state index in [1.54, 1.807) is 24.3 Å². The van der Waals surface area contributed by atoms with Gasteiger partial charge in [-0.2, -0.15) is 5.10 Å². The number of hydrazone groups is 1. The van der Waals surface area contributed by atoms with Crippen LogP contribution >= 0.6 is 22.9 Å². The number of amides is 1. The SMILES string of the molecule is CC(=O)NN=Cc1cccc(OC(=O)c2sc3ccccc3c2Cl)c1. The molecule has 0 unspecified atom stereocenters. The summed E-state index contributed by atoms with van der Waals surface area (Å²) in [5.41, 5.74) is 2.99. The van der Waals surface area contributed by atoms with Gasteiger partial charge in [0.25, 0.3) is 0 Å². The number of fused-ring (bicyclic) bond motifs is 1. The average Bonchev–Trinajstić information content (AvgIpc) is 2.92. The summed E-state index contributed by atoms with van der Waals surface area (Å²) >= 11 is 7.59. The van der Waals surface area contributed by atoms with E-state index in [9.17, 15) is 9.59 Å². The van der Waals surface area contributed by atoms with Crippen LogP contribution in [0.15, 0.2) is 53.6 Å². The Kier molecular flexibility index (Phi) is 5.11. The molecule has 0 aliphatic heterocycles. The molecule has 1 N–H and O–H groups in total. The van der Waals surface area contributed by atoms with Crippen molar-refractivity contribution < 1.29 is 14.3 Å². The molecular weight excluding hydrogens is 360 g/mol. The molecule has 126 valence electrons. The van der Waals surface area contributed by atoms with Crippen LogP contribution < -0.4 is 10.2 Å². The van der Waals surface area contributed by atoms with Crippen molar-refractivity contribution >= 4 is 51.1 Å². The number of carbonyl (C=O) groups excluding carboxylic acids is 2. The van der Waals surface area contributed by atoms with E-state index in [0.717, 1.165) is 10.1 Å². The van der Waals surface area contributed by atoms with E-state index < -0.39 is 5.97 Å². The number of nitrogens with zero attached hydrogens (tertiary/aromatic N) is 1. The van der Waals surface area contributed by atoms with Crippen LogP contribution in [0.4, 0.5) is 0 Å². The maximum Gasteiger partial charge on any atom is 0.355 e. The van der Waals surface area contributed by atoms with Crippen molar-refractivity contribution in [3.8, 4) is 5.75 Å². The lowest BCUT2D eigenvalue weighted by atomic mass is 10.2. The Bertz CT molecular complexity index is 981. The Morgan fingerprint density at radius 3 is 2.76 bits per heavy atom. The average molecular weight is 373 g/mol. The molecule has 1 aromatic heterocycles. The van der Waals surface area contributed by atoms with E-state index in [-0.39, 0.29) is 5.91 Å². The normalized spacial score (nSPS) is 11.0. The molecule has 0 spiro atoms. The van der Waals surface area contributed by atoms with Gasteiger partial charge < -0.3 is 4.74 Å². The Labute approximate surface area is 152 Å². The minimum Gasteiger partial charge on any atom is -0.422 e. The number of hydrogen-bond acceptors (Lipinski definition) is 5. The van der Waals surface area contributed by atoms with Crippen molar-refractivity contribution in [1.29, 1.82) is 0 Å². The number of esters is 1. The predicted molar refractivity (Wildman–Crippen MR) is 99.6 cm³/mol. The molecule has 1 amide bonds. The molecule has 0 fully saturated rings. The first kappa shape index (κ1) is 17.1. The highest BCUT2D eigenvalue weighted by atomic mass is 35.5. The second-order valence-electron chi connectivity index (χ2n) is 5.13. The van der Waals surface area contributed by atoms with E-state index in [4.69, 9.17) is 16.3 Å². The third-order valence-electron chi connectivity index (χ3n) is 3.22. The molecule has 0 saturated heterocycles. The fourth-order valence-electron chi connectivity index (χ4n) is 2.15. The molecule has 0 saturated carbocycles. The highest BCUT2D eigenvalue weighted by molar-refractivity contribution is 7.21. The quantitative estimate of drug-likeness (QED) is 0.322. The van der Waals surface area contributed by atoms with Crippen molar-refractivity contribution in [2.24, 2.45) is 5.10 Å². The number of halogens is 1. The van der Waals surface area contributed by atoms with Crippen LogP contribution in [-0.2, 0) is 4.79 Å². The maximum absolute atomic E-state index is 12.4. The van der Waals surface area contributed by atoms with E-state index in [1.807, 2.05) is 24.3 Å². The lowest BCUT2D eigenvalue weighted by molar-refractivity contribution is -0.118. The summed E-state index contributed by atoms with van der Waals surface area (Å²) in [6, 6.07) is 14.3. The van der Waals surface area contributed by atoms with Crippen molar-refractivity contribution in [2.45, 2.75) is 6.92 Å². The molecule has 0 bridgehead atoms. The van der Waals surface area contributed by atoms with Gasteiger partial charge >= 0.3 is 5.97 Å². The largest absolute Gasteiger partial charge is 0.422 e. The molecule has 1 heterocycles. The minimum absolute atomic E-state index is 0.266. The lowest BCUT2D eigenvalue weighted by Gasteiger charge is -2.04. The van der Waals surface area contributed by atoms with Gasteiger partial charge in [0.1, 0.15) is 10.6 Å². The maximum atomic E-state index is 12.4. The van der Waals surface area contributed by atoms with Crippen LogP contribution in [0.1, 0.15) is 22.2 Å².